The van der Waals surface area contributed by atoms with Gasteiger partial charge < -0.3 is 109 Å². The van der Waals surface area contributed by atoms with Crippen LogP contribution in [0.15, 0.2) is 12.2 Å². The van der Waals surface area contributed by atoms with Crippen molar-refractivity contribution < 1.29 is 74.1 Å². The lowest BCUT2D eigenvalue weighted by Gasteiger charge is -2.46. The van der Waals surface area contributed by atoms with E-state index in [1.165, 1.54) is 0 Å². The van der Waals surface area contributed by atoms with Crippen LogP contribution < -0.4 is 39.3 Å². The molecule has 22 heteroatoms. The van der Waals surface area contributed by atoms with Crippen molar-refractivity contribution in [2.75, 3.05) is 39.4 Å². The van der Waals surface area contributed by atoms with E-state index in [4.69, 9.17) is 62.2 Å². The van der Waals surface area contributed by atoms with Gasteiger partial charge in [-0.2, -0.15) is 0 Å². The van der Waals surface area contributed by atoms with Gasteiger partial charge in [-0.3, -0.25) is 4.79 Å². The predicted molar refractivity (Wildman–Crippen MR) is 171 cm³/mol. The van der Waals surface area contributed by atoms with Crippen molar-refractivity contribution >= 4 is 5.91 Å². The van der Waals surface area contributed by atoms with E-state index >= 15 is 0 Å². The fraction of sp³-hybridized carbons (Fsp3) is 0.897. The van der Waals surface area contributed by atoms with Crippen LogP contribution >= 0.6 is 0 Å². The topological polar surface area (TPSA) is 388 Å². The summed E-state index contributed by atoms with van der Waals surface area (Å²) in [5, 5.41) is 87.7. The second-order valence-corrected chi connectivity index (χ2v) is 13.1. The maximum atomic E-state index is 12.5. The molecule has 4 aliphatic rings. The number of aliphatic hydroxyl groups is 8. The van der Waals surface area contributed by atoms with Crippen molar-refractivity contribution in [3.63, 3.8) is 0 Å². The molecule has 0 aromatic carbocycles. The van der Waals surface area contributed by atoms with Gasteiger partial charge in [0.25, 0.3) is 0 Å². The maximum absolute atomic E-state index is 12.5. The van der Waals surface area contributed by atoms with Crippen LogP contribution in [-0.4, -0.2) is 202 Å². The minimum atomic E-state index is -1.68. The molecule has 0 radical (unpaired) electrons. The van der Waals surface area contributed by atoms with Crippen LogP contribution in [0.1, 0.15) is 6.42 Å². The number of nitrogens with one attached hydrogen (secondary N) is 2. The molecule has 1 amide bonds. The highest BCUT2D eigenvalue weighted by atomic mass is 16.8. The van der Waals surface area contributed by atoms with Gasteiger partial charge in [-0.25, -0.2) is 0 Å². The van der Waals surface area contributed by atoms with Crippen LogP contribution in [0.2, 0.25) is 0 Å². The number of hydrogen-bond acceptors (Lipinski definition) is 21. The average Bonchev–Trinajstić information content (AvgIpc) is 3.41. The average molecular weight is 742 g/mol. The zero-order valence-electron chi connectivity index (χ0n) is 27.9. The first-order chi connectivity index (χ1) is 24.2. The number of carbonyl (C=O) groups is 1. The summed E-state index contributed by atoms with van der Waals surface area (Å²) in [5.74, 6) is -0.880. The highest BCUT2D eigenvalue weighted by Crippen LogP contribution is 2.34. The van der Waals surface area contributed by atoms with E-state index in [1.54, 1.807) is 12.2 Å². The molecule has 2 unspecified atom stereocenters. The molecule has 19 atom stereocenters. The highest BCUT2D eigenvalue weighted by molar-refractivity contribution is 5.81. The van der Waals surface area contributed by atoms with Crippen LogP contribution in [0, 0.1) is 0 Å². The molecule has 20 N–H and O–H groups in total. The normalized spacial score (nSPS) is 44.3. The number of carbonyl (C=O) groups excluding carboxylic acids is 1. The van der Waals surface area contributed by atoms with Crippen LogP contribution in [0.3, 0.4) is 0 Å². The number of rotatable bonds is 16. The first-order valence-electron chi connectivity index (χ1n) is 16.8. The lowest BCUT2D eigenvalue weighted by Crippen LogP contribution is -2.67. The Morgan fingerprint density at radius 2 is 1.49 bits per heavy atom. The maximum Gasteiger partial charge on any atom is 0.250 e. The molecule has 0 aromatic heterocycles. The van der Waals surface area contributed by atoms with Gasteiger partial charge in [-0.05, 0) is 6.42 Å². The third-order valence-corrected chi connectivity index (χ3v) is 9.31. The van der Waals surface area contributed by atoms with E-state index in [2.05, 4.69) is 10.6 Å². The Hall–Kier alpha value is -1.59. The first kappa shape index (κ1) is 42.2. The van der Waals surface area contributed by atoms with Gasteiger partial charge in [0.15, 0.2) is 18.9 Å². The molecule has 22 nitrogen and oxygen atoms in total. The molecule has 0 spiro atoms. The summed E-state index contributed by atoms with van der Waals surface area (Å²) in [6.07, 6.45) is -16.7. The lowest BCUT2D eigenvalue weighted by atomic mass is 9.83. The molecular formula is C29H55N7O15. The molecule has 4 rings (SSSR count). The molecule has 0 aromatic rings. The van der Waals surface area contributed by atoms with Crippen LogP contribution in [0.25, 0.3) is 0 Å². The van der Waals surface area contributed by atoms with Crippen molar-refractivity contribution in [3.8, 4) is 0 Å². The molecule has 51 heavy (non-hydrogen) atoms. The van der Waals surface area contributed by atoms with Crippen molar-refractivity contribution in [1.82, 2.24) is 10.6 Å². The Balaban J connectivity index is 1.53. The number of amides is 1. The molecule has 3 fully saturated rings. The van der Waals surface area contributed by atoms with Crippen molar-refractivity contribution in [1.29, 1.82) is 0 Å². The van der Waals surface area contributed by atoms with Gasteiger partial charge in [0.1, 0.15) is 61.0 Å². The summed E-state index contributed by atoms with van der Waals surface area (Å²) in [4.78, 5) is 12.5. The quantitative estimate of drug-likeness (QED) is 0.0653. The second kappa shape index (κ2) is 19.1. The highest BCUT2D eigenvalue weighted by Gasteiger charge is 2.54. The molecule has 2 saturated heterocycles. The molecule has 3 heterocycles. The number of aliphatic hydroxyl groups excluding tert-OH is 8. The van der Waals surface area contributed by atoms with Crippen molar-refractivity contribution in [2.45, 2.75) is 123 Å². The largest absolute Gasteiger partial charge is 0.394 e. The number of hydrogen-bond donors (Lipinski definition) is 15. The number of ether oxygens (including phenoxy) is 6. The zero-order chi connectivity index (χ0) is 37.6. The van der Waals surface area contributed by atoms with Gasteiger partial charge >= 0.3 is 0 Å². The van der Waals surface area contributed by atoms with Gasteiger partial charge in [-0.1, -0.05) is 12.2 Å². The smallest absolute Gasteiger partial charge is 0.250 e. The van der Waals surface area contributed by atoms with Gasteiger partial charge in [-0.15, -0.1) is 0 Å². The Morgan fingerprint density at radius 3 is 2.14 bits per heavy atom. The van der Waals surface area contributed by atoms with E-state index in [0.29, 0.717) is 0 Å². The summed E-state index contributed by atoms with van der Waals surface area (Å²) in [6.45, 7) is -1.43. The van der Waals surface area contributed by atoms with Crippen LogP contribution in [-0.2, 0) is 33.2 Å². The van der Waals surface area contributed by atoms with Gasteiger partial charge in [0, 0.05) is 32.2 Å². The summed E-state index contributed by atoms with van der Waals surface area (Å²) < 4.78 is 35.6. The Morgan fingerprint density at radius 1 is 0.824 bits per heavy atom. The first-order valence-corrected chi connectivity index (χ1v) is 16.8. The van der Waals surface area contributed by atoms with E-state index in [9.17, 15) is 40.5 Å². The Labute approximate surface area is 293 Å². The Bertz CT molecular complexity index is 1120. The monoisotopic (exact) mass is 741 g/mol. The molecular weight excluding hydrogens is 686 g/mol. The minimum Gasteiger partial charge on any atom is -0.394 e. The Kier molecular flexibility index (Phi) is 15.8. The van der Waals surface area contributed by atoms with E-state index in [0.717, 1.165) is 0 Å². The summed E-state index contributed by atoms with van der Waals surface area (Å²) >= 11 is 0. The predicted octanol–water partition coefficient (Wildman–Crippen LogP) is -9.60. The molecule has 296 valence electrons. The van der Waals surface area contributed by atoms with E-state index in [-0.39, 0.29) is 26.1 Å². The van der Waals surface area contributed by atoms with E-state index in [1.807, 2.05) is 0 Å². The third kappa shape index (κ3) is 10.1. The van der Waals surface area contributed by atoms with Crippen LogP contribution in [0.5, 0.6) is 0 Å². The third-order valence-electron chi connectivity index (χ3n) is 9.31. The second-order valence-electron chi connectivity index (χ2n) is 13.1. The summed E-state index contributed by atoms with van der Waals surface area (Å²) in [6, 6.07) is -4.19. The zero-order valence-corrected chi connectivity index (χ0v) is 27.9. The van der Waals surface area contributed by atoms with Gasteiger partial charge in [0.05, 0.1) is 43.5 Å². The van der Waals surface area contributed by atoms with Gasteiger partial charge in [0.2, 0.25) is 5.91 Å². The van der Waals surface area contributed by atoms with E-state index < -0.39 is 142 Å². The molecule has 0 bridgehead atoms. The van der Waals surface area contributed by atoms with Crippen LogP contribution in [0.4, 0.5) is 0 Å². The van der Waals surface area contributed by atoms with Crippen molar-refractivity contribution in [3.05, 3.63) is 12.2 Å². The number of nitrogens with two attached hydrogens (primary N) is 5. The minimum absolute atomic E-state index is 0.0803. The standard InChI is InChI=1S/C29H55N7O15/c30-4-15(40)26(45)36-14-3-13(33)23(49-27-12(32)2-1-11(46-27)7-35-6-10(39)8-37)25(19(14)41)51-29-22(44)24(17(9-38)48-29)50-28-18(34)21(43)20(42)16(5-31)47-28/h1-2,10-25,27-29,35,37-44H,3-9,30-34H2,(H,36,45)/t10?,11-,12+,13-,14+,15?,16-,17+,18+,19-,20+,21+,22+,23+,24+,25+,27+,28+,29-/m0/s1. The summed E-state index contributed by atoms with van der Waals surface area (Å²) in [7, 11) is 0. The molecule has 3 aliphatic heterocycles. The molecule has 1 saturated carbocycles. The van der Waals surface area contributed by atoms with Crippen molar-refractivity contribution in [2.24, 2.45) is 28.7 Å². The SMILES string of the molecule is NCC(O)C(=O)N[C@@H]1C[C@H](N)[C@@H](O[C@H]2O[C@H](CNCC(O)CO)C=C[C@H]2N)[C@H](O[C@@H]2O[C@H](CO)[C@@H](O[C@H]3O[C@@H](CN)[C@@H](O)[C@H](O)[C@H]3N)[C@H]2O)[C@H]1O. The fourth-order valence-corrected chi connectivity index (χ4v) is 6.31. The summed E-state index contributed by atoms with van der Waals surface area (Å²) in [5.41, 5.74) is 29.9. The molecule has 1 aliphatic carbocycles. The fourth-order valence-electron chi connectivity index (χ4n) is 6.31. The lowest BCUT2D eigenvalue weighted by molar-refractivity contribution is -0.284.